The van der Waals surface area contributed by atoms with Gasteiger partial charge in [-0.25, -0.2) is 0 Å². The van der Waals surface area contributed by atoms with E-state index in [2.05, 4.69) is 5.32 Å². The molecular formula is C11H13Cl2NO. The Hall–Kier alpha value is -0.440. The summed E-state index contributed by atoms with van der Waals surface area (Å²) >= 11 is 11.7. The summed E-state index contributed by atoms with van der Waals surface area (Å²) in [5.41, 5.74) is 0. The summed E-state index contributed by atoms with van der Waals surface area (Å²) in [5, 5.41) is 4.46. The zero-order chi connectivity index (χ0) is 10.7. The monoisotopic (exact) mass is 245 g/mol. The Kier molecular flexibility index (Phi) is 3.73. The van der Waals surface area contributed by atoms with Crippen LogP contribution in [0.3, 0.4) is 0 Å². The van der Waals surface area contributed by atoms with E-state index in [4.69, 9.17) is 27.9 Å². The number of nitrogens with one attached hydrogen (secondary N) is 1. The third-order valence-corrected chi connectivity index (χ3v) is 3.24. The molecule has 1 aromatic rings. The molecule has 2 rings (SSSR count). The van der Waals surface area contributed by atoms with Crippen molar-refractivity contribution in [2.75, 3.05) is 13.2 Å². The Morgan fingerprint density at radius 2 is 2.20 bits per heavy atom. The summed E-state index contributed by atoms with van der Waals surface area (Å²) in [7, 11) is 0. The van der Waals surface area contributed by atoms with Gasteiger partial charge >= 0.3 is 0 Å². The van der Waals surface area contributed by atoms with Crippen molar-refractivity contribution in [1.29, 1.82) is 0 Å². The minimum atomic E-state index is 0.472. The van der Waals surface area contributed by atoms with E-state index < -0.39 is 0 Å². The van der Waals surface area contributed by atoms with Crippen molar-refractivity contribution >= 4 is 23.2 Å². The molecule has 0 amide bonds. The van der Waals surface area contributed by atoms with Crippen molar-refractivity contribution in [3.63, 3.8) is 0 Å². The fourth-order valence-corrected chi connectivity index (χ4v) is 1.95. The molecule has 0 spiro atoms. The maximum atomic E-state index is 5.88. The summed E-state index contributed by atoms with van der Waals surface area (Å²) < 4.78 is 5.62. The van der Waals surface area contributed by atoms with Gasteiger partial charge in [0, 0.05) is 12.1 Å². The van der Waals surface area contributed by atoms with Crippen LogP contribution in [0.5, 0.6) is 5.75 Å². The van der Waals surface area contributed by atoms with Crippen molar-refractivity contribution < 1.29 is 4.74 Å². The summed E-state index contributed by atoms with van der Waals surface area (Å²) in [6, 6.07) is 5.81. The van der Waals surface area contributed by atoms with E-state index in [1.165, 1.54) is 12.8 Å². The Balaban J connectivity index is 1.90. The minimum Gasteiger partial charge on any atom is -0.492 e. The molecular weight excluding hydrogens is 233 g/mol. The second-order valence-corrected chi connectivity index (χ2v) is 4.49. The van der Waals surface area contributed by atoms with Gasteiger partial charge in [0.15, 0.2) is 0 Å². The maximum absolute atomic E-state index is 5.88. The summed E-state index contributed by atoms with van der Waals surface area (Å²) in [5.74, 6) is 0.776. The van der Waals surface area contributed by atoms with Gasteiger partial charge in [0.05, 0.1) is 10.0 Å². The van der Waals surface area contributed by atoms with Crippen LogP contribution in [0.25, 0.3) is 0 Å². The predicted octanol–water partition coefficient (Wildman–Crippen LogP) is 3.12. The topological polar surface area (TPSA) is 21.3 Å². The average Bonchev–Trinajstić information content (AvgIpc) is 2.73. The summed E-state index contributed by atoms with van der Waals surface area (Å²) in [6.45, 7) is 1.79. The molecule has 1 saturated heterocycles. The van der Waals surface area contributed by atoms with Crippen molar-refractivity contribution in [3.05, 3.63) is 28.2 Å². The van der Waals surface area contributed by atoms with Crippen LogP contribution in [0, 0.1) is 0 Å². The first-order chi connectivity index (χ1) is 7.25. The molecule has 0 radical (unpaired) electrons. The molecule has 1 aliphatic heterocycles. The van der Waals surface area contributed by atoms with Gasteiger partial charge in [-0.15, -0.1) is 0 Å². The average molecular weight is 246 g/mol. The highest BCUT2D eigenvalue weighted by Crippen LogP contribution is 2.26. The lowest BCUT2D eigenvalue weighted by molar-refractivity contribution is 0.277. The number of hydrogen-bond donors (Lipinski definition) is 1. The molecule has 1 fully saturated rings. The first-order valence-corrected chi connectivity index (χ1v) is 5.82. The third kappa shape index (κ3) is 3.00. The van der Waals surface area contributed by atoms with Crippen molar-refractivity contribution in [2.45, 2.75) is 18.9 Å². The summed E-state index contributed by atoms with van der Waals surface area (Å²) in [6.07, 6.45) is 2.41. The van der Waals surface area contributed by atoms with Gasteiger partial charge in [-0.2, -0.15) is 0 Å². The van der Waals surface area contributed by atoms with Crippen molar-refractivity contribution in [1.82, 2.24) is 5.32 Å². The fourth-order valence-electron chi connectivity index (χ4n) is 1.66. The van der Waals surface area contributed by atoms with Crippen molar-refractivity contribution in [2.24, 2.45) is 0 Å². The van der Waals surface area contributed by atoms with Crippen LogP contribution in [-0.2, 0) is 0 Å². The molecule has 0 bridgehead atoms. The quantitative estimate of drug-likeness (QED) is 0.884. The van der Waals surface area contributed by atoms with Crippen LogP contribution in [0.4, 0.5) is 0 Å². The van der Waals surface area contributed by atoms with E-state index in [9.17, 15) is 0 Å². The normalized spacial score (nSPS) is 20.5. The smallest absolute Gasteiger partial charge is 0.120 e. The number of hydrogen-bond acceptors (Lipinski definition) is 2. The van der Waals surface area contributed by atoms with Gasteiger partial charge in [0.2, 0.25) is 0 Å². The molecule has 4 heteroatoms. The molecule has 82 valence electrons. The van der Waals surface area contributed by atoms with Gasteiger partial charge in [-0.05, 0) is 31.5 Å². The lowest BCUT2D eigenvalue weighted by Crippen LogP contribution is -2.28. The largest absolute Gasteiger partial charge is 0.492 e. The summed E-state index contributed by atoms with van der Waals surface area (Å²) in [4.78, 5) is 0. The van der Waals surface area contributed by atoms with Crippen molar-refractivity contribution in [3.8, 4) is 5.75 Å². The van der Waals surface area contributed by atoms with Crippen LogP contribution in [0.1, 0.15) is 12.8 Å². The molecule has 0 aliphatic carbocycles. The lowest BCUT2D eigenvalue weighted by Gasteiger charge is -2.12. The Bertz CT molecular complexity index is 337. The lowest BCUT2D eigenvalue weighted by atomic mass is 10.2. The van der Waals surface area contributed by atoms with Crippen LogP contribution in [0.2, 0.25) is 10.0 Å². The highest BCUT2D eigenvalue weighted by atomic mass is 35.5. The molecule has 2 nitrogen and oxygen atoms in total. The van der Waals surface area contributed by atoms with E-state index in [0.29, 0.717) is 22.7 Å². The minimum absolute atomic E-state index is 0.472. The van der Waals surface area contributed by atoms with E-state index in [-0.39, 0.29) is 0 Å². The first-order valence-electron chi connectivity index (χ1n) is 5.07. The molecule has 15 heavy (non-hydrogen) atoms. The number of benzene rings is 1. The van der Waals surface area contributed by atoms with Crippen LogP contribution in [0.15, 0.2) is 18.2 Å². The Morgan fingerprint density at radius 3 is 2.87 bits per heavy atom. The molecule has 0 saturated carbocycles. The maximum Gasteiger partial charge on any atom is 0.120 e. The second kappa shape index (κ2) is 5.06. The Labute approximate surface area is 99.5 Å². The zero-order valence-electron chi connectivity index (χ0n) is 8.30. The highest BCUT2D eigenvalue weighted by Gasteiger charge is 2.14. The van der Waals surface area contributed by atoms with E-state index in [0.717, 1.165) is 12.3 Å². The molecule has 1 N–H and O–H groups in total. The number of rotatable bonds is 3. The number of halogens is 2. The highest BCUT2D eigenvalue weighted by molar-refractivity contribution is 6.42. The van der Waals surface area contributed by atoms with E-state index in [1.54, 1.807) is 12.1 Å². The SMILES string of the molecule is Clc1ccc(OC[C@@H]2CCCN2)cc1Cl. The molecule has 1 aromatic carbocycles. The molecule has 0 unspecified atom stereocenters. The van der Waals surface area contributed by atoms with Crippen LogP contribution in [-0.4, -0.2) is 19.2 Å². The molecule has 1 aliphatic rings. The molecule has 1 heterocycles. The van der Waals surface area contributed by atoms with Gasteiger partial charge in [-0.3, -0.25) is 0 Å². The second-order valence-electron chi connectivity index (χ2n) is 3.68. The van der Waals surface area contributed by atoms with Gasteiger partial charge < -0.3 is 10.1 Å². The van der Waals surface area contributed by atoms with Gasteiger partial charge in [-0.1, -0.05) is 23.2 Å². The van der Waals surface area contributed by atoms with E-state index in [1.807, 2.05) is 6.07 Å². The van der Waals surface area contributed by atoms with Crippen LogP contribution < -0.4 is 10.1 Å². The standard InChI is InChI=1S/C11H13Cl2NO/c12-10-4-3-9(6-11(10)13)15-7-8-2-1-5-14-8/h3-4,6,8,14H,1-2,5,7H2/t8-/m0/s1. The third-order valence-electron chi connectivity index (χ3n) is 2.50. The zero-order valence-corrected chi connectivity index (χ0v) is 9.81. The predicted molar refractivity (Wildman–Crippen MR) is 63.0 cm³/mol. The molecule has 1 atom stereocenters. The van der Waals surface area contributed by atoms with E-state index >= 15 is 0 Å². The Morgan fingerprint density at radius 1 is 1.33 bits per heavy atom. The van der Waals surface area contributed by atoms with Gasteiger partial charge in [0.25, 0.3) is 0 Å². The number of ether oxygens (including phenoxy) is 1. The van der Waals surface area contributed by atoms with Crippen LogP contribution >= 0.6 is 23.2 Å². The fraction of sp³-hybridized carbons (Fsp3) is 0.455. The first kappa shape index (κ1) is 11.1. The molecule has 0 aromatic heterocycles. The van der Waals surface area contributed by atoms with Gasteiger partial charge in [0.1, 0.15) is 12.4 Å².